The van der Waals surface area contributed by atoms with Gasteiger partial charge < -0.3 is 16.2 Å². The van der Waals surface area contributed by atoms with Crippen LogP contribution in [0.3, 0.4) is 0 Å². The molecule has 0 amide bonds. The highest BCUT2D eigenvalue weighted by atomic mass is 32.2. The molecule has 21 heavy (non-hydrogen) atoms. The number of aromatic nitrogens is 2. The first-order valence-electron chi connectivity index (χ1n) is 6.33. The van der Waals surface area contributed by atoms with E-state index >= 15 is 0 Å². The second kappa shape index (κ2) is 7.36. The first kappa shape index (κ1) is 14.9. The van der Waals surface area contributed by atoms with Crippen LogP contribution in [0.25, 0.3) is 0 Å². The van der Waals surface area contributed by atoms with Crippen LogP contribution in [0.4, 0.5) is 11.6 Å². The van der Waals surface area contributed by atoms with Crippen molar-refractivity contribution < 1.29 is 4.74 Å². The maximum atomic E-state index is 8.80. The van der Waals surface area contributed by atoms with Crippen LogP contribution in [0.15, 0.2) is 35.5 Å². The standard InChI is InChI=1S/C14H15N5OS/c15-9-10-3-1-4-11(7-10)20-5-2-6-21-14-18-12(16)8-13(17)19-14/h1,3-4,7-8H,2,5-6H2,(H4,16,17,18,19). The van der Waals surface area contributed by atoms with Gasteiger partial charge in [0.05, 0.1) is 18.2 Å². The van der Waals surface area contributed by atoms with Crippen molar-refractivity contribution in [2.24, 2.45) is 0 Å². The Kier molecular flexibility index (Phi) is 5.23. The first-order valence-corrected chi connectivity index (χ1v) is 7.32. The topological polar surface area (TPSA) is 111 Å². The largest absolute Gasteiger partial charge is 0.494 e. The molecule has 1 aromatic carbocycles. The Bertz CT molecular complexity index is 636. The number of ether oxygens (including phenoxy) is 1. The number of hydrogen-bond acceptors (Lipinski definition) is 7. The molecule has 1 heterocycles. The zero-order valence-electron chi connectivity index (χ0n) is 11.3. The molecule has 108 valence electrons. The van der Waals surface area contributed by atoms with Crippen molar-refractivity contribution in [3.63, 3.8) is 0 Å². The van der Waals surface area contributed by atoms with Gasteiger partial charge in [0, 0.05) is 11.8 Å². The Morgan fingerprint density at radius 1 is 1.19 bits per heavy atom. The zero-order valence-corrected chi connectivity index (χ0v) is 12.1. The van der Waals surface area contributed by atoms with E-state index in [1.807, 2.05) is 6.07 Å². The molecule has 6 nitrogen and oxygen atoms in total. The fourth-order valence-electron chi connectivity index (χ4n) is 1.59. The summed E-state index contributed by atoms with van der Waals surface area (Å²) in [5.74, 6) is 2.23. The van der Waals surface area contributed by atoms with Gasteiger partial charge in [-0.25, -0.2) is 9.97 Å². The second-order valence-corrected chi connectivity index (χ2v) is 5.25. The minimum atomic E-state index is 0.370. The van der Waals surface area contributed by atoms with E-state index in [9.17, 15) is 0 Å². The van der Waals surface area contributed by atoms with Crippen LogP contribution < -0.4 is 16.2 Å². The fourth-order valence-corrected chi connectivity index (χ4v) is 2.38. The van der Waals surface area contributed by atoms with E-state index in [1.165, 1.54) is 17.8 Å². The van der Waals surface area contributed by atoms with E-state index in [2.05, 4.69) is 16.0 Å². The predicted octanol–water partition coefficient (Wildman–Crippen LogP) is 2.07. The Morgan fingerprint density at radius 2 is 1.95 bits per heavy atom. The van der Waals surface area contributed by atoms with Crippen molar-refractivity contribution in [1.29, 1.82) is 5.26 Å². The minimum Gasteiger partial charge on any atom is -0.494 e. The van der Waals surface area contributed by atoms with Crippen molar-refractivity contribution in [3.8, 4) is 11.8 Å². The number of nitriles is 1. The minimum absolute atomic E-state index is 0.370. The van der Waals surface area contributed by atoms with Crippen LogP contribution in [0.1, 0.15) is 12.0 Å². The van der Waals surface area contributed by atoms with Crippen LogP contribution >= 0.6 is 11.8 Å². The molecular formula is C14H15N5OS. The number of hydrogen-bond donors (Lipinski definition) is 2. The van der Waals surface area contributed by atoms with Crippen molar-refractivity contribution in [2.45, 2.75) is 11.6 Å². The van der Waals surface area contributed by atoms with E-state index in [1.54, 1.807) is 18.2 Å². The summed E-state index contributed by atoms with van der Waals surface area (Å²) >= 11 is 1.48. The van der Waals surface area contributed by atoms with Gasteiger partial charge in [-0.05, 0) is 24.6 Å². The smallest absolute Gasteiger partial charge is 0.191 e. The molecule has 0 atom stereocenters. The molecule has 7 heteroatoms. The molecular weight excluding hydrogens is 286 g/mol. The number of benzene rings is 1. The fraction of sp³-hybridized carbons (Fsp3) is 0.214. The summed E-state index contributed by atoms with van der Waals surface area (Å²) in [6, 6.07) is 10.7. The quantitative estimate of drug-likeness (QED) is 0.477. The van der Waals surface area contributed by atoms with Gasteiger partial charge in [0.25, 0.3) is 0 Å². The molecule has 0 unspecified atom stereocenters. The van der Waals surface area contributed by atoms with E-state index < -0.39 is 0 Å². The normalized spacial score (nSPS) is 10.0. The molecule has 0 aliphatic rings. The second-order valence-electron chi connectivity index (χ2n) is 4.19. The maximum absolute atomic E-state index is 8.80. The van der Waals surface area contributed by atoms with Gasteiger partial charge in [-0.1, -0.05) is 17.8 Å². The van der Waals surface area contributed by atoms with Gasteiger partial charge >= 0.3 is 0 Å². The molecule has 0 saturated heterocycles. The van der Waals surface area contributed by atoms with Crippen LogP contribution in [0.2, 0.25) is 0 Å². The maximum Gasteiger partial charge on any atom is 0.191 e. The van der Waals surface area contributed by atoms with Crippen LogP contribution in [-0.4, -0.2) is 22.3 Å². The molecule has 1 aromatic heterocycles. The lowest BCUT2D eigenvalue weighted by atomic mass is 10.2. The van der Waals surface area contributed by atoms with Gasteiger partial charge in [0.15, 0.2) is 5.16 Å². The molecule has 2 rings (SSSR count). The molecule has 2 aromatic rings. The monoisotopic (exact) mass is 301 g/mol. The van der Waals surface area contributed by atoms with Crippen LogP contribution in [0, 0.1) is 11.3 Å². The van der Waals surface area contributed by atoms with Gasteiger partial charge in [0.1, 0.15) is 17.4 Å². The van der Waals surface area contributed by atoms with Crippen LogP contribution in [0.5, 0.6) is 5.75 Å². The van der Waals surface area contributed by atoms with E-state index in [-0.39, 0.29) is 0 Å². The third kappa shape index (κ3) is 4.85. The summed E-state index contributed by atoms with van der Waals surface area (Å²) in [6.07, 6.45) is 0.819. The van der Waals surface area contributed by atoms with Gasteiger partial charge in [-0.3, -0.25) is 0 Å². The number of nitrogens with two attached hydrogens (primary N) is 2. The van der Waals surface area contributed by atoms with Crippen molar-refractivity contribution >= 4 is 23.4 Å². The van der Waals surface area contributed by atoms with Crippen molar-refractivity contribution in [3.05, 3.63) is 35.9 Å². The lowest BCUT2D eigenvalue weighted by Crippen LogP contribution is -2.01. The lowest BCUT2D eigenvalue weighted by Gasteiger charge is -2.06. The van der Waals surface area contributed by atoms with Crippen molar-refractivity contribution in [2.75, 3.05) is 23.8 Å². The van der Waals surface area contributed by atoms with Crippen molar-refractivity contribution in [1.82, 2.24) is 9.97 Å². The lowest BCUT2D eigenvalue weighted by molar-refractivity contribution is 0.318. The number of rotatable bonds is 6. The highest BCUT2D eigenvalue weighted by molar-refractivity contribution is 7.99. The third-order valence-electron chi connectivity index (χ3n) is 2.50. The Hall–Kier alpha value is -2.46. The predicted molar refractivity (Wildman–Crippen MR) is 82.8 cm³/mol. The molecule has 4 N–H and O–H groups in total. The zero-order chi connectivity index (χ0) is 15.1. The van der Waals surface area contributed by atoms with E-state index in [0.29, 0.717) is 34.7 Å². The summed E-state index contributed by atoms with van der Waals surface area (Å²) in [6.45, 7) is 0.555. The number of thioether (sulfide) groups is 1. The number of nitrogens with zero attached hydrogens (tertiary/aromatic N) is 3. The van der Waals surface area contributed by atoms with Crippen LogP contribution in [-0.2, 0) is 0 Å². The molecule has 0 radical (unpaired) electrons. The molecule has 0 bridgehead atoms. The Morgan fingerprint density at radius 3 is 2.67 bits per heavy atom. The molecule has 0 fully saturated rings. The van der Waals surface area contributed by atoms with Gasteiger partial charge in [0.2, 0.25) is 0 Å². The van der Waals surface area contributed by atoms with Gasteiger partial charge in [-0.15, -0.1) is 0 Å². The summed E-state index contributed by atoms with van der Waals surface area (Å²) in [4.78, 5) is 8.17. The Balaban J connectivity index is 1.73. The first-order chi connectivity index (χ1) is 10.2. The van der Waals surface area contributed by atoms with Gasteiger partial charge in [-0.2, -0.15) is 5.26 Å². The summed E-state index contributed by atoms with van der Waals surface area (Å²) in [5, 5.41) is 9.37. The molecule has 0 aliphatic carbocycles. The summed E-state index contributed by atoms with van der Waals surface area (Å²) < 4.78 is 5.58. The third-order valence-corrected chi connectivity index (χ3v) is 3.43. The highest BCUT2D eigenvalue weighted by Crippen LogP contribution is 2.18. The number of nitrogen functional groups attached to an aromatic ring is 2. The average molecular weight is 301 g/mol. The van der Waals surface area contributed by atoms with E-state index in [0.717, 1.165) is 12.2 Å². The average Bonchev–Trinajstić information content (AvgIpc) is 2.46. The number of anilines is 2. The summed E-state index contributed by atoms with van der Waals surface area (Å²) in [5.41, 5.74) is 11.8. The Labute approximate surface area is 127 Å². The summed E-state index contributed by atoms with van der Waals surface area (Å²) in [7, 11) is 0. The molecule has 0 spiro atoms. The molecule has 0 saturated carbocycles. The highest BCUT2D eigenvalue weighted by Gasteiger charge is 2.02. The molecule has 0 aliphatic heterocycles. The SMILES string of the molecule is N#Cc1cccc(OCCCSc2nc(N)cc(N)n2)c1. The van der Waals surface area contributed by atoms with E-state index in [4.69, 9.17) is 21.5 Å².